The van der Waals surface area contributed by atoms with Gasteiger partial charge in [-0.3, -0.25) is 0 Å². The van der Waals surface area contributed by atoms with Gasteiger partial charge in [-0.05, 0) is 38.0 Å². The summed E-state index contributed by atoms with van der Waals surface area (Å²) in [5, 5.41) is 0. The fraction of sp³-hybridized carbons (Fsp3) is 0.400. The number of benzene rings is 1. The SMILES string of the molecule is CCOc1c(N)ccc(C)c1C. The average molecular weight is 165 g/mol. The van der Waals surface area contributed by atoms with E-state index in [1.807, 2.05) is 26.0 Å². The zero-order valence-electron chi connectivity index (χ0n) is 7.85. The molecule has 12 heavy (non-hydrogen) atoms. The molecule has 0 amide bonds. The lowest BCUT2D eigenvalue weighted by Gasteiger charge is -2.11. The maximum Gasteiger partial charge on any atom is 0.145 e. The molecule has 0 spiro atoms. The Kier molecular flexibility index (Phi) is 2.58. The summed E-state index contributed by atoms with van der Waals surface area (Å²) in [5.74, 6) is 0.831. The molecule has 0 radical (unpaired) electrons. The van der Waals surface area contributed by atoms with Crippen molar-refractivity contribution in [1.29, 1.82) is 0 Å². The van der Waals surface area contributed by atoms with Crippen molar-refractivity contribution in [3.05, 3.63) is 23.3 Å². The highest BCUT2D eigenvalue weighted by molar-refractivity contribution is 5.58. The van der Waals surface area contributed by atoms with E-state index in [-0.39, 0.29) is 0 Å². The van der Waals surface area contributed by atoms with E-state index < -0.39 is 0 Å². The quantitative estimate of drug-likeness (QED) is 0.682. The normalized spacial score (nSPS) is 9.92. The molecule has 1 aromatic carbocycles. The Morgan fingerprint density at radius 3 is 2.58 bits per heavy atom. The van der Waals surface area contributed by atoms with E-state index in [0.717, 1.165) is 17.0 Å². The van der Waals surface area contributed by atoms with Gasteiger partial charge in [-0.2, -0.15) is 0 Å². The maximum absolute atomic E-state index is 5.75. The van der Waals surface area contributed by atoms with Crippen LogP contribution in [0.1, 0.15) is 18.1 Å². The number of hydrogen-bond donors (Lipinski definition) is 1. The molecule has 0 aliphatic heterocycles. The van der Waals surface area contributed by atoms with Crippen molar-refractivity contribution >= 4 is 5.69 Å². The van der Waals surface area contributed by atoms with E-state index in [4.69, 9.17) is 10.5 Å². The smallest absolute Gasteiger partial charge is 0.145 e. The van der Waals surface area contributed by atoms with E-state index in [9.17, 15) is 0 Å². The predicted molar refractivity (Wildman–Crippen MR) is 51.5 cm³/mol. The van der Waals surface area contributed by atoms with Gasteiger partial charge in [-0.15, -0.1) is 0 Å². The minimum absolute atomic E-state index is 0.661. The number of hydrogen-bond acceptors (Lipinski definition) is 2. The predicted octanol–water partition coefficient (Wildman–Crippen LogP) is 2.28. The summed E-state index contributed by atoms with van der Waals surface area (Å²) < 4.78 is 5.42. The molecule has 2 nitrogen and oxygen atoms in total. The summed E-state index contributed by atoms with van der Waals surface area (Å²) in [4.78, 5) is 0. The Morgan fingerprint density at radius 2 is 2.00 bits per heavy atom. The van der Waals surface area contributed by atoms with Gasteiger partial charge in [0.2, 0.25) is 0 Å². The van der Waals surface area contributed by atoms with Gasteiger partial charge >= 0.3 is 0 Å². The fourth-order valence-corrected chi connectivity index (χ4v) is 1.15. The highest BCUT2D eigenvalue weighted by Crippen LogP contribution is 2.28. The van der Waals surface area contributed by atoms with Crippen molar-refractivity contribution in [3.8, 4) is 5.75 Å². The minimum Gasteiger partial charge on any atom is -0.491 e. The van der Waals surface area contributed by atoms with Crippen LogP contribution in [0.3, 0.4) is 0 Å². The average Bonchev–Trinajstić information content (AvgIpc) is 2.06. The minimum atomic E-state index is 0.661. The molecule has 66 valence electrons. The van der Waals surface area contributed by atoms with Crippen molar-refractivity contribution in [2.45, 2.75) is 20.8 Å². The summed E-state index contributed by atoms with van der Waals surface area (Å²) in [5.41, 5.74) is 8.82. The van der Waals surface area contributed by atoms with Gasteiger partial charge in [-0.1, -0.05) is 6.07 Å². The lowest BCUT2D eigenvalue weighted by molar-refractivity contribution is 0.339. The second-order valence-electron chi connectivity index (χ2n) is 2.86. The molecule has 0 aliphatic carbocycles. The van der Waals surface area contributed by atoms with Crippen LogP contribution in [0.5, 0.6) is 5.75 Å². The molecule has 2 N–H and O–H groups in total. The molecule has 0 unspecified atom stereocenters. The molecule has 0 bridgehead atoms. The molecule has 1 rings (SSSR count). The Bertz CT molecular complexity index is 281. The highest BCUT2D eigenvalue weighted by atomic mass is 16.5. The first-order chi connectivity index (χ1) is 5.66. The Morgan fingerprint density at radius 1 is 1.33 bits per heavy atom. The van der Waals surface area contributed by atoms with Crippen LogP contribution in [-0.2, 0) is 0 Å². The monoisotopic (exact) mass is 165 g/mol. The van der Waals surface area contributed by atoms with Crippen LogP contribution >= 0.6 is 0 Å². The summed E-state index contributed by atoms with van der Waals surface area (Å²) >= 11 is 0. The zero-order chi connectivity index (χ0) is 9.14. The van der Waals surface area contributed by atoms with Crippen LogP contribution < -0.4 is 10.5 Å². The second kappa shape index (κ2) is 3.48. The molecule has 0 saturated heterocycles. The molecular weight excluding hydrogens is 150 g/mol. The van der Waals surface area contributed by atoms with Gasteiger partial charge in [-0.25, -0.2) is 0 Å². The lowest BCUT2D eigenvalue weighted by atomic mass is 10.1. The highest BCUT2D eigenvalue weighted by Gasteiger charge is 2.05. The summed E-state index contributed by atoms with van der Waals surface area (Å²) in [7, 11) is 0. The van der Waals surface area contributed by atoms with E-state index in [1.54, 1.807) is 0 Å². The molecule has 0 saturated carbocycles. The summed E-state index contributed by atoms with van der Waals surface area (Å²) in [6.45, 7) is 6.70. The van der Waals surface area contributed by atoms with Gasteiger partial charge in [0, 0.05) is 0 Å². The fourth-order valence-electron chi connectivity index (χ4n) is 1.15. The van der Waals surface area contributed by atoms with Crippen molar-refractivity contribution in [2.24, 2.45) is 0 Å². The third kappa shape index (κ3) is 1.52. The van der Waals surface area contributed by atoms with Gasteiger partial charge < -0.3 is 10.5 Å². The van der Waals surface area contributed by atoms with Crippen LogP contribution in [0.15, 0.2) is 12.1 Å². The van der Waals surface area contributed by atoms with Crippen LogP contribution in [-0.4, -0.2) is 6.61 Å². The van der Waals surface area contributed by atoms with Crippen LogP contribution in [0, 0.1) is 13.8 Å². The van der Waals surface area contributed by atoms with Gasteiger partial charge in [0.15, 0.2) is 0 Å². The third-order valence-electron chi connectivity index (χ3n) is 2.00. The molecule has 1 aromatic rings. The number of aryl methyl sites for hydroxylation is 1. The topological polar surface area (TPSA) is 35.2 Å². The molecule has 0 aliphatic rings. The number of rotatable bonds is 2. The van der Waals surface area contributed by atoms with Crippen LogP contribution in [0.4, 0.5) is 5.69 Å². The maximum atomic E-state index is 5.75. The number of nitrogen functional groups attached to an aromatic ring is 1. The van der Waals surface area contributed by atoms with Crippen LogP contribution in [0.2, 0.25) is 0 Å². The van der Waals surface area contributed by atoms with Gasteiger partial charge in [0.05, 0.1) is 12.3 Å². The van der Waals surface area contributed by atoms with Crippen molar-refractivity contribution in [2.75, 3.05) is 12.3 Å². The van der Waals surface area contributed by atoms with Crippen molar-refractivity contribution in [3.63, 3.8) is 0 Å². The molecule has 2 heteroatoms. The number of nitrogens with two attached hydrogens (primary N) is 1. The largest absolute Gasteiger partial charge is 0.491 e. The Balaban J connectivity index is 3.14. The first-order valence-electron chi connectivity index (χ1n) is 4.15. The van der Waals surface area contributed by atoms with E-state index in [2.05, 4.69) is 6.92 Å². The molecule has 0 heterocycles. The Hall–Kier alpha value is -1.18. The molecular formula is C10H15NO. The van der Waals surface area contributed by atoms with Gasteiger partial charge in [0.25, 0.3) is 0 Å². The summed E-state index contributed by atoms with van der Waals surface area (Å²) in [6.07, 6.45) is 0. The first kappa shape index (κ1) is 8.91. The third-order valence-corrected chi connectivity index (χ3v) is 2.00. The van der Waals surface area contributed by atoms with E-state index in [0.29, 0.717) is 6.61 Å². The molecule has 0 aromatic heterocycles. The number of anilines is 1. The van der Waals surface area contributed by atoms with E-state index >= 15 is 0 Å². The molecule has 0 fully saturated rings. The second-order valence-corrected chi connectivity index (χ2v) is 2.86. The number of ether oxygens (including phenoxy) is 1. The van der Waals surface area contributed by atoms with Crippen LogP contribution in [0.25, 0.3) is 0 Å². The van der Waals surface area contributed by atoms with Gasteiger partial charge in [0.1, 0.15) is 5.75 Å². The lowest BCUT2D eigenvalue weighted by Crippen LogP contribution is -2.00. The zero-order valence-corrected chi connectivity index (χ0v) is 7.85. The first-order valence-corrected chi connectivity index (χ1v) is 4.15. The molecule has 0 atom stereocenters. The van der Waals surface area contributed by atoms with Crippen molar-refractivity contribution in [1.82, 2.24) is 0 Å². The summed E-state index contributed by atoms with van der Waals surface area (Å²) in [6, 6.07) is 3.89. The Labute approximate surface area is 73.3 Å². The standard InChI is InChI=1S/C10H15NO/c1-4-12-10-8(3)7(2)5-6-9(10)11/h5-6H,4,11H2,1-3H3. The van der Waals surface area contributed by atoms with Crippen molar-refractivity contribution < 1.29 is 4.74 Å². The van der Waals surface area contributed by atoms with E-state index in [1.165, 1.54) is 5.56 Å².